The number of rotatable bonds is 6. The molecule has 2 fully saturated rings. The predicted octanol–water partition coefficient (Wildman–Crippen LogP) is 0.897. The van der Waals surface area contributed by atoms with Gasteiger partial charge < -0.3 is 14.5 Å². The third-order valence-corrected chi connectivity index (χ3v) is 5.25. The van der Waals surface area contributed by atoms with E-state index in [0.717, 1.165) is 45.9 Å². The summed E-state index contributed by atoms with van der Waals surface area (Å²) in [4.78, 5) is 8.94. The van der Waals surface area contributed by atoms with Gasteiger partial charge in [-0.25, -0.2) is 0 Å². The zero-order valence-electron chi connectivity index (χ0n) is 13.2. The molecule has 0 saturated carbocycles. The molecule has 2 saturated heterocycles. The first-order valence-electron chi connectivity index (χ1n) is 8.29. The van der Waals surface area contributed by atoms with Crippen molar-refractivity contribution in [2.24, 2.45) is 4.99 Å². The van der Waals surface area contributed by atoms with E-state index in [9.17, 15) is 0 Å². The fourth-order valence-electron chi connectivity index (χ4n) is 2.94. The summed E-state index contributed by atoms with van der Waals surface area (Å²) in [5.74, 6) is 1.17. The van der Waals surface area contributed by atoms with Gasteiger partial charge in [0, 0.05) is 31.8 Å². The van der Waals surface area contributed by atoms with Crippen LogP contribution in [0.1, 0.15) is 12.0 Å². The average Bonchev–Trinajstić information content (AvgIpc) is 3.01. The van der Waals surface area contributed by atoms with Crippen LogP contribution in [0.5, 0.6) is 0 Å². The highest BCUT2D eigenvalue weighted by atomic mass is 32.2. The number of benzene rings is 1. The molecule has 2 heterocycles. The summed E-state index contributed by atoms with van der Waals surface area (Å²) in [5.41, 5.74) is 1.37. The molecular weight excluding hydrogens is 294 g/mol. The second kappa shape index (κ2) is 8.56. The van der Waals surface area contributed by atoms with Crippen molar-refractivity contribution in [3.8, 4) is 0 Å². The van der Waals surface area contributed by atoms with Gasteiger partial charge in [0.1, 0.15) is 13.1 Å². The molecule has 1 aromatic rings. The Bertz CT molecular complexity index is 474. The molecule has 3 rings (SSSR count). The molecule has 5 heteroatoms. The zero-order chi connectivity index (χ0) is 15.0. The van der Waals surface area contributed by atoms with Crippen LogP contribution in [0.4, 0.5) is 0 Å². The summed E-state index contributed by atoms with van der Waals surface area (Å²) >= 11 is 1.90. The van der Waals surface area contributed by atoms with Gasteiger partial charge in [-0.2, -0.15) is 0 Å². The highest BCUT2D eigenvalue weighted by Crippen LogP contribution is 2.20. The van der Waals surface area contributed by atoms with E-state index >= 15 is 0 Å². The van der Waals surface area contributed by atoms with Gasteiger partial charge in [0.05, 0.1) is 19.8 Å². The molecule has 0 aromatic heterocycles. The molecule has 1 N–H and O–H groups in total. The standard InChI is InChI=1S/C17H25N3OS/c1-2-5-16(6-3-1)15-20-11-14-22-17(20)18-7-4-8-19-9-12-21-13-10-19/h1-3,5-6H,4,7-15H2/p+1. The number of hydrogen-bond donors (Lipinski definition) is 1. The van der Waals surface area contributed by atoms with E-state index in [0.29, 0.717) is 0 Å². The number of nitrogens with one attached hydrogen (secondary N) is 1. The van der Waals surface area contributed by atoms with Crippen molar-refractivity contribution in [1.82, 2.24) is 4.90 Å². The topological polar surface area (TPSA) is 29.3 Å². The molecule has 4 nitrogen and oxygen atoms in total. The largest absolute Gasteiger partial charge is 0.370 e. The molecule has 0 radical (unpaired) electrons. The van der Waals surface area contributed by atoms with E-state index in [2.05, 4.69) is 35.2 Å². The minimum atomic E-state index is 0.921. The lowest BCUT2D eigenvalue weighted by Gasteiger charge is -2.23. The average molecular weight is 320 g/mol. The SMILES string of the molecule is c1ccc(CN2CCSC2=NCCC[NH+]2CCOCC2)cc1. The molecule has 0 atom stereocenters. The first kappa shape index (κ1) is 15.8. The van der Waals surface area contributed by atoms with E-state index in [4.69, 9.17) is 9.73 Å². The van der Waals surface area contributed by atoms with Crippen LogP contribution in [0, 0.1) is 0 Å². The molecule has 2 aliphatic heterocycles. The van der Waals surface area contributed by atoms with Crippen LogP contribution in [0.3, 0.4) is 0 Å². The van der Waals surface area contributed by atoms with Crippen LogP contribution in [0.2, 0.25) is 0 Å². The van der Waals surface area contributed by atoms with Crippen molar-refractivity contribution in [2.45, 2.75) is 13.0 Å². The number of aliphatic imine (C=N–C) groups is 1. The van der Waals surface area contributed by atoms with Crippen LogP contribution in [0.15, 0.2) is 35.3 Å². The number of thioether (sulfide) groups is 1. The smallest absolute Gasteiger partial charge is 0.159 e. The molecule has 0 spiro atoms. The third kappa shape index (κ3) is 4.73. The van der Waals surface area contributed by atoms with Crippen LogP contribution in [-0.2, 0) is 11.3 Å². The summed E-state index contributed by atoms with van der Waals surface area (Å²) in [6.45, 7) is 8.45. The fourth-order valence-corrected chi connectivity index (χ4v) is 3.96. The van der Waals surface area contributed by atoms with Crippen LogP contribution >= 0.6 is 11.8 Å². The zero-order valence-corrected chi connectivity index (χ0v) is 14.0. The Kier molecular flexibility index (Phi) is 6.16. The quantitative estimate of drug-likeness (QED) is 0.790. The van der Waals surface area contributed by atoms with Crippen molar-refractivity contribution in [3.63, 3.8) is 0 Å². The van der Waals surface area contributed by atoms with Crippen LogP contribution in [-0.4, -0.2) is 61.8 Å². The van der Waals surface area contributed by atoms with Gasteiger partial charge in [0.2, 0.25) is 0 Å². The van der Waals surface area contributed by atoms with E-state index < -0.39 is 0 Å². The number of hydrogen-bond acceptors (Lipinski definition) is 3. The van der Waals surface area contributed by atoms with Gasteiger partial charge in [-0.1, -0.05) is 42.1 Å². The lowest BCUT2D eigenvalue weighted by Crippen LogP contribution is -3.14. The lowest BCUT2D eigenvalue weighted by molar-refractivity contribution is -0.908. The van der Waals surface area contributed by atoms with Crippen molar-refractivity contribution in [1.29, 1.82) is 0 Å². The predicted molar refractivity (Wildman–Crippen MR) is 92.6 cm³/mol. The Morgan fingerprint density at radius 3 is 2.82 bits per heavy atom. The van der Waals surface area contributed by atoms with Gasteiger partial charge in [0.25, 0.3) is 0 Å². The Labute approximate surface area is 137 Å². The Balaban J connectivity index is 1.43. The normalized spacial score (nSPS) is 21.6. The number of morpholine rings is 1. The van der Waals surface area contributed by atoms with Crippen LogP contribution < -0.4 is 4.90 Å². The number of quaternary nitrogens is 1. The molecule has 0 bridgehead atoms. The minimum absolute atomic E-state index is 0.921. The van der Waals surface area contributed by atoms with Gasteiger partial charge >= 0.3 is 0 Å². The van der Waals surface area contributed by atoms with Crippen LogP contribution in [0.25, 0.3) is 0 Å². The first-order valence-corrected chi connectivity index (χ1v) is 9.28. The van der Waals surface area contributed by atoms with E-state index in [1.165, 1.54) is 29.4 Å². The lowest BCUT2D eigenvalue weighted by atomic mass is 10.2. The Hall–Kier alpha value is -1.04. The van der Waals surface area contributed by atoms with E-state index in [1.54, 1.807) is 4.90 Å². The molecule has 22 heavy (non-hydrogen) atoms. The molecule has 0 aliphatic carbocycles. The molecule has 2 aliphatic rings. The fraction of sp³-hybridized carbons (Fsp3) is 0.588. The highest BCUT2D eigenvalue weighted by Gasteiger charge is 2.19. The molecular formula is C17H26N3OS+. The van der Waals surface area contributed by atoms with Gasteiger partial charge in [0.15, 0.2) is 5.17 Å². The summed E-state index contributed by atoms with van der Waals surface area (Å²) < 4.78 is 5.40. The van der Waals surface area contributed by atoms with Gasteiger partial charge in [-0.15, -0.1) is 0 Å². The molecule has 0 amide bonds. The second-order valence-electron chi connectivity index (χ2n) is 5.89. The van der Waals surface area contributed by atoms with E-state index in [1.807, 2.05) is 11.8 Å². The van der Waals surface area contributed by atoms with Crippen molar-refractivity contribution in [2.75, 3.05) is 51.7 Å². The number of nitrogens with zero attached hydrogens (tertiary/aromatic N) is 2. The monoisotopic (exact) mass is 320 g/mol. The third-order valence-electron chi connectivity index (χ3n) is 4.21. The van der Waals surface area contributed by atoms with Gasteiger partial charge in [-0.3, -0.25) is 4.99 Å². The number of amidine groups is 1. The maximum absolute atomic E-state index is 5.40. The summed E-state index contributed by atoms with van der Waals surface area (Å²) in [6.07, 6.45) is 1.18. The second-order valence-corrected chi connectivity index (χ2v) is 6.95. The molecule has 0 unspecified atom stereocenters. The summed E-state index contributed by atoms with van der Waals surface area (Å²) in [6, 6.07) is 10.7. The van der Waals surface area contributed by atoms with Gasteiger partial charge in [-0.05, 0) is 5.56 Å². The van der Waals surface area contributed by atoms with Crippen molar-refractivity contribution >= 4 is 16.9 Å². The highest BCUT2D eigenvalue weighted by molar-refractivity contribution is 8.14. The Morgan fingerprint density at radius 2 is 2.00 bits per heavy atom. The van der Waals surface area contributed by atoms with Crippen molar-refractivity contribution in [3.05, 3.63) is 35.9 Å². The maximum atomic E-state index is 5.40. The summed E-state index contributed by atoms with van der Waals surface area (Å²) in [7, 11) is 0. The minimum Gasteiger partial charge on any atom is -0.370 e. The molecule has 1 aromatic carbocycles. The van der Waals surface area contributed by atoms with Crippen molar-refractivity contribution < 1.29 is 9.64 Å². The summed E-state index contributed by atoms with van der Waals surface area (Å²) in [5, 5.41) is 1.24. The van der Waals surface area contributed by atoms with E-state index in [-0.39, 0.29) is 0 Å². The molecule has 120 valence electrons. The Morgan fingerprint density at radius 1 is 1.18 bits per heavy atom. The number of ether oxygens (including phenoxy) is 1. The maximum Gasteiger partial charge on any atom is 0.159 e. The first-order chi connectivity index (χ1) is 10.9.